The molecule has 4 nitrogen and oxygen atoms in total. The van der Waals surface area contributed by atoms with Gasteiger partial charge >= 0.3 is 0 Å². The highest BCUT2D eigenvalue weighted by Gasteiger charge is 2.26. The van der Waals surface area contributed by atoms with Crippen molar-refractivity contribution >= 4 is 22.2 Å². The van der Waals surface area contributed by atoms with Gasteiger partial charge in [-0.2, -0.15) is 5.26 Å². The maximum Gasteiger partial charge on any atom is 0.225 e. The summed E-state index contributed by atoms with van der Waals surface area (Å²) in [6, 6.07) is 2.15. The Labute approximate surface area is 105 Å². The summed E-state index contributed by atoms with van der Waals surface area (Å²) in [6.45, 7) is 5.10. The third-order valence-corrected chi connectivity index (χ3v) is 4.05. The summed E-state index contributed by atoms with van der Waals surface area (Å²) in [4.78, 5) is 14.8. The molecule has 17 heavy (non-hydrogen) atoms. The van der Waals surface area contributed by atoms with Crippen LogP contribution in [0.5, 0.6) is 0 Å². The highest BCUT2D eigenvalue weighted by molar-refractivity contribution is 7.16. The van der Waals surface area contributed by atoms with E-state index in [0.29, 0.717) is 23.7 Å². The summed E-state index contributed by atoms with van der Waals surface area (Å²) >= 11 is 1.44. The summed E-state index contributed by atoms with van der Waals surface area (Å²) in [5, 5.41) is 9.60. The molecule has 0 aliphatic carbocycles. The molecule has 0 spiro atoms. The first-order valence-electron chi connectivity index (χ1n) is 5.63. The average Bonchev–Trinajstić information content (AvgIpc) is 2.61. The number of nitriles is 1. The molecule has 1 amide bonds. The number of nitrogen functional groups attached to an aromatic ring is 1. The molecule has 0 unspecified atom stereocenters. The molecule has 90 valence electrons. The zero-order valence-corrected chi connectivity index (χ0v) is 10.8. The fourth-order valence-electron chi connectivity index (χ4n) is 2.10. The third kappa shape index (κ3) is 2.01. The van der Waals surface area contributed by atoms with Gasteiger partial charge in [-0.1, -0.05) is 13.8 Å². The predicted octanol–water partition coefficient (Wildman–Crippen LogP) is 1.74. The number of rotatable bonds is 1. The fourth-order valence-corrected chi connectivity index (χ4v) is 3.18. The lowest BCUT2D eigenvalue weighted by atomic mass is 10.0. The Morgan fingerprint density at radius 2 is 2.29 bits per heavy atom. The predicted molar refractivity (Wildman–Crippen MR) is 67.4 cm³/mol. The van der Waals surface area contributed by atoms with Gasteiger partial charge in [0, 0.05) is 17.3 Å². The molecule has 2 heterocycles. The van der Waals surface area contributed by atoms with E-state index in [2.05, 4.69) is 6.07 Å². The second-order valence-electron chi connectivity index (χ2n) is 4.52. The lowest BCUT2D eigenvalue weighted by Crippen LogP contribution is -2.37. The highest BCUT2D eigenvalue weighted by Crippen LogP contribution is 2.34. The van der Waals surface area contributed by atoms with Gasteiger partial charge in [-0.15, -0.1) is 11.3 Å². The number of amides is 1. The van der Waals surface area contributed by atoms with Crippen molar-refractivity contribution in [2.24, 2.45) is 5.92 Å². The number of hydrogen-bond acceptors (Lipinski definition) is 4. The summed E-state index contributed by atoms with van der Waals surface area (Å²) in [7, 11) is 0. The molecule has 0 saturated carbocycles. The average molecular weight is 249 g/mol. The van der Waals surface area contributed by atoms with Crippen molar-refractivity contribution in [3.05, 3.63) is 16.0 Å². The molecule has 5 heteroatoms. The van der Waals surface area contributed by atoms with Gasteiger partial charge in [-0.25, -0.2) is 0 Å². The highest BCUT2D eigenvalue weighted by atomic mass is 32.1. The Morgan fingerprint density at radius 1 is 1.59 bits per heavy atom. The number of fused-ring (bicyclic) bond motifs is 1. The summed E-state index contributed by atoms with van der Waals surface area (Å²) in [5.41, 5.74) is 7.46. The molecule has 1 aromatic heterocycles. The Hall–Kier alpha value is -1.54. The maximum atomic E-state index is 11.9. The second kappa shape index (κ2) is 4.38. The van der Waals surface area contributed by atoms with E-state index in [9.17, 15) is 4.79 Å². The molecular weight excluding hydrogens is 234 g/mol. The minimum absolute atomic E-state index is 0.0179. The number of hydrogen-bond donors (Lipinski definition) is 1. The van der Waals surface area contributed by atoms with Crippen LogP contribution in [-0.2, 0) is 17.8 Å². The van der Waals surface area contributed by atoms with Crippen LogP contribution < -0.4 is 5.73 Å². The van der Waals surface area contributed by atoms with Crippen molar-refractivity contribution in [3.8, 4) is 6.07 Å². The minimum atomic E-state index is 0.0179. The zero-order chi connectivity index (χ0) is 12.6. The molecule has 0 atom stereocenters. The lowest BCUT2D eigenvalue weighted by Gasteiger charge is -2.28. The van der Waals surface area contributed by atoms with Crippen molar-refractivity contribution in [1.82, 2.24) is 4.90 Å². The molecule has 1 aliphatic heterocycles. The Bertz CT molecular complexity index is 499. The van der Waals surface area contributed by atoms with Crippen molar-refractivity contribution < 1.29 is 4.79 Å². The first-order valence-corrected chi connectivity index (χ1v) is 6.45. The van der Waals surface area contributed by atoms with Gasteiger partial charge in [-0.05, 0) is 12.0 Å². The van der Waals surface area contributed by atoms with Crippen LogP contribution in [0, 0.1) is 17.2 Å². The molecular formula is C12H15N3OS. The monoisotopic (exact) mass is 249 g/mol. The SMILES string of the molecule is CC(C)C(=O)N1CCc2c(sc(N)c2C#N)C1. The van der Waals surface area contributed by atoms with E-state index in [4.69, 9.17) is 11.0 Å². The second-order valence-corrected chi connectivity index (χ2v) is 5.66. The molecule has 2 N–H and O–H groups in total. The van der Waals surface area contributed by atoms with Gasteiger partial charge in [0.1, 0.15) is 11.1 Å². The molecule has 2 rings (SSSR count). The normalized spacial score (nSPS) is 14.6. The number of thiophene rings is 1. The zero-order valence-electron chi connectivity index (χ0n) is 9.99. The van der Waals surface area contributed by atoms with Gasteiger partial charge in [0.25, 0.3) is 0 Å². The van der Waals surface area contributed by atoms with Crippen LogP contribution in [-0.4, -0.2) is 17.4 Å². The van der Waals surface area contributed by atoms with Crippen LogP contribution in [0.3, 0.4) is 0 Å². The van der Waals surface area contributed by atoms with E-state index in [1.54, 1.807) is 0 Å². The number of carbonyl (C=O) groups is 1. The Kier molecular flexibility index (Phi) is 3.07. The van der Waals surface area contributed by atoms with Gasteiger partial charge in [0.05, 0.1) is 12.1 Å². The molecule has 1 aliphatic rings. The largest absolute Gasteiger partial charge is 0.389 e. The first kappa shape index (κ1) is 11.9. The number of nitrogens with zero attached hydrogens (tertiary/aromatic N) is 2. The molecule has 0 bridgehead atoms. The van der Waals surface area contributed by atoms with E-state index >= 15 is 0 Å². The topological polar surface area (TPSA) is 70.1 Å². The van der Waals surface area contributed by atoms with Crippen molar-refractivity contribution in [2.75, 3.05) is 12.3 Å². The Morgan fingerprint density at radius 3 is 2.88 bits per heavy atom. The van der Waals surface area contributed by atoms with E-state index in [1.807, 2.05) is 18.7 Å². The molecule has 0 saturated heterocycles. The van der Waals surface area contributed by atoms with Crippen LogP contribution in [0.4, 0.5) is 5.00 Å². The van der Waals surface area contributed by atoms with Crippen molar-refractivity contribution in [3.63, 3.8) is 0 Å². The minimum Gasteiger partial charge on any atom is -0.389 e. The van der Waals surface area contributed by atoms with E-state index in [0.717, 1.165) is 16.9 Å². The Balaban J connectivity index is 2.27. The molecule has 0 aromatic carbocycles. The standard InChI is InChI=1S/C12H15N3OS/c1-7(2)12(16)15-4-3-8-9(5-13)11(14)17-10(8)6-15/h7H,3-4,6,14H2,1-2H3. The van der Waals surface area contributed by atoms with Gasteiger partial charge in [0.15, 0.2) is 0 Å². The molecule has 1 aromatic rings. The number of nitrogens with two attached hydrogens (primary N) is 1. The van der Waals surface area contributed by atoms with Crippen LogP contribution in [0.25, 0.3) is 0 Å². The lowest BCUT2D eigenvalue weighted by molar-refractivity contribution is -0.135. The van der Waals surface area contributed by atoms with Crippen LogP contribution in [0.15, 0.2) is 0 Å². The smallest absolute Gasteiger partial charge is 0.225 e. The fraction of sp³-hybridized carbons (Fsp3) is 0.500. The van der Waals surface area contributed by atoms with Gasteiger partial charge < -0.3 is 10.6 Å². The summed E-state index contributed by atoms with van der Waals surface area (Å²) < 4.78 is 0. The van der Waals surface area contributed by atoms with Crippen molar-refractivity contribution in [2.45, 2.75) is 26.8 Å². The maximum absolute atomic E-state index is 11.9. The van der Waals surface area contributed by atoms with Crippen LogP contribution in [0.1, 0.15) is 29.9 Å². The number of anilines is 1. The first-order chi connectivity index (χ1) is 8.04. The van der Waals surface area contributed by atoms with Gasteiger partial charge in [-0.3, -0.25) is 4.79 Å². The van der Waals surface area contributed by atoms with E-state index < -0.39 is 0 Å². The molecule has 0 fully saturated rings. The number of carbonyl (C=O) groups excluding carboxylic acids is 1. The van der Waals surface area contributed by atoms with Crippen LogP contribution >= 0.6 is 11.3 Å². The third-order valence-electron chi connectivity index (χ3n) is 3.00. The molecule has 0 radical (unpaired) electrons. The summed E-state index contributed by atoms with van der Waals surface area (Å²) in [5.74, 6) is 0.186. The van der Waals surface area contributed by atoms with Crippen LogP contribution in [0.2, 0.25) is 0 Å². The van der Waals surface area contributed by atoms with Crippen molar-refractivity contribution in [1.29, 1.82) is 5.26 Å². The quantitative estimate of drug-likeness (QED) is 0.824. The van der Waals surface area contributed by atoms with E-state index in [-0.39, 0.29) is 11.8 Å². The van der Waals surface area contributed by atoms with Gasteiger partial charge in [0.2, 0.25) is 5.91 Å². The van der Waals surface area contributed by atoms with E-state index in [1.165, 1.54) is 11.3 Å². The summed E-state index contributed by atoms with van der Waals surface area (Å²) in [6.07, 6.45) is 0.740.